The van der Waals surface area contributed by atoms with Crippen LogP contribution in [0.3, 0.4) is 0 Å². The van der Waals surface area contributed by atoms with E-state index < -0.39 is 6.04 Å². The number of carbonyl (C=O) groups is 2. The molecule has 3 N–H and O–H groups in total. The third-order valence-corrected chi connectivity index (χ3v) is 3.85. The van der Waals surface area contributed by atoms with Gasteiger partial charge in [-0.25, -0.2) is 0 Å². The number of likely N-dealkylation sites (tertiary alicyclic amines) is 1. The quantitative estimate of drug-likeness (QED) is 0.767. The Labute approximate surface area is 109 Å². The third-order valence-electron chi connectivity index (χ3n) is 3.85. The van der Waals surface area contributed by atoms with Crippen molar-refractivity contribution >= 4 is 11.8 Å². The normalized spacial score (nSPS) is 20.3. The summed E-state index contributed by atoms with van der Waals surface area (Å²) in [5.41, 5.74) is 5.89. The Kier molecular flexibility index (Phi) is 5.59. The Balaban J connectivity index is 2.36. The van der Waals surface area contributed by atoms with Crippen molar-refractivity contribution in [1.82, 2.24) is 10.2 Å². The van der Waals surface area contributed by atoms with Gasteiger partial charge in [-0.15, -0.1) is 0 Å². The molecule has 0 aromatic heterocycles. The number of nitrogens with zero attached hydrogens (tertiary/aromatic N) is 1. The minimum atomic E-state index is -0.430. The van der Waals surface area contributed by atoms with Crippen molar-refractivity contribution in [3.05, 3.63) is 0 Å². The molecule has 2 unspecified atom stereocenters. The SMILES string of the molecule is CCC(C)C(N)C(=O)NC1CCN(C(C)=O)CC1. The van der Waals surface area contributed by atoms with E-state index in [9.17, 15) is 9.59 Å². The number of amides is 2. The number of nitrogens with two attached hydrogens (primary N) is 1. The van der Waals surface area contributed by atoms with E-state index in [0.717, 1.165) is 32.4 Å². The van der Waals surface area contributed by atoms with Crippen molar-refractivity contribution in [2.45, 2.75) is 52.1 Å². The highest BCUT2D eigenvalue weighted by atomic mass is 16.2. The molecule has 0 aromatic rings. The molecule has 1 rings (SSSR count). The molecule has 1 aliphatic rings. The second kappa shape index (κ2) is 6.73. The van der Waals surface area contributed by atoms with Crippen LogP contribution in [0.15, 0.2) is 0 Å². The molecule has 104 valence electrons. The van der Waals surface area contributed by atoms with Crippen LogP contribution in [0, 0.1) is 5.92 Å². The summed E-state index contributed by atoms with van der Waals surface area (Å²) >= 11 is 0. The molecule has 2 amide bonds. The topological polar surface area (TPSA) is 75.4 Å². The molecular weight excluding hydrogens is 230 g/mol. The largest absolute Gasteiger partial charge is 0.352 e. The average Bonchev–Trinajstić information content (AvgIpc) is 2.37. The first-order valence-electron chi connectivity index (χ1n) is 6.77. The molecule has 1 aliphatic heterocycles. The van der Waals surface area contributed by atoms with Crippen LogP contribution in [0.4, 0.5) is 0 Å². The van der Waals surface area contributed by atoms with E-state index in [-0.39, 0.29) is 23.8 Å². The lowest BCUT2D eigenvalue weighted by molar-refractivity contribution is -0.130. The van der Waals surface area contributed by atoms with Crippen molar-refractivity contribution < 1.29 is 9.59 Å². The molecule has 18 heavy (non-hydrogen) atoms. The van der Waals surface area contributed by atoms with E-state index >= 15 is 0 Å². The number of piperidine rings is 1. The number of hydrogen-bond donors (Lipinski definition) is 2. The summed E-state index contributed by atoms with van der Waals surface area (Å²) in [6, 6.07) is -0.274. The van der Waals surface area contributed by atoms with Gasteiger partial charge >= 0.3 is 0 Å². The molecule has 0 radical (unpaired) electrons. The van der Waals surface area contributed by atoms with E-state index in [2.05, 4.69) is 5.32 Å². The van der Waals surface area contributed by atoms with Gasteiger partial charge in [0.05, 0.1) is 6.04 Å². The zero-order valence-electron chi connectivity index (χ0n) is 11.6. The molecule has 5 heteroatoms. The maximum Gasteiger partial charge on any atom is 0.237 e. The molecule has 0 bridgehead atoms. The number of carbonyl (C=O) groups excluding carboxylic acids is 2. The van der Waals surface area contributed by atoms with Gasteiger partial charge in [0.2, 0.25) is 11.8 Å². The standard InChI is InChI=1S/C13H25N3O2/c1-4-9(2)12(14)13(18)15-11-5-7-16(8-6-11)10(3)17/h9,11-12H,4-8,14H2,1-3H3,(H,15,18). The van der Waals surface area contributed by atoms with Crippen LogP contribution < -0.4 is 11.1 Å². The highest BCUT2D eigenvalue weighted by molar-refractivity contribution is 5.82. The summed E-state index contributed by atoms with van der Waals surface area (Å²) in [5, 5.41) is 2.99. The fraction of sp³-hybridized carbons (Fsp3) is 0.846. The first kappa shape index (κ1) is 15.0. The molecule has 0 saturated carbocycles. The van der Waals surface area contributed by atoms with Crippen LogP contribution in [0.2, 0.25) is 0 Å². The number of rotatable bonds is 4. The Morgan fingerprint density at radius 3 is 2.39 bits per heavy atom. The Bertz CT molecular complexity index is 299. The van der Waals surface area contributed by atoms with Gasteiger partial charge in [0, 0.05) is 26.1 Å². The number of hydrogen-bond acceptors (Lipinski definition) is 3. The van der Waals surface area contributed by atoms with Crippen molar-refractivity contribution in [3.8, 4) is 0 Å². The number of nitrogens with one attached hydrogen (secondary N) is 1. The molecule has 5 nitrogen and oxygen atoms in total. The van der Waals surface area contributed by atoms with Gasteiger partial charge < -0.3 is 16.0 Å². The Hall–Kier alpha value is -1.10. The smallest absolute Gasteiger partial charge is 0.237 e. The van der Waals surface area contributed by atoms with E-state index in [4.69, 9.17) is 5.73 Å². The van der Waals surface area contributed by atoms with Crippen molar-refractivity contribution in [2.24, 2.45) is 11.7 Å². The van der Waals surface area contributed by atoms with Crippen LogP contribution in [-0.2, 0) is 9.59 Å². The highest BCUT2D eigenvalue weighted by Crippen LogP contribution is 2.12. The van der Waals surface area contributed by atoms with Gasteiger partial charge in [-0.2, -0.15) is 0 Å². The lowest BCUT2D eigenvalue weighted by Gasteiger charge is -2.32. The van der Waals surface area contributed by atoms with Gasteiger partial charge in [0.15, 0.2) is 0 Å². The Morgan fingerprint density at radius 2 is 1.94 bits per heavy atom. The molecular formula is C13H25N3O2. The predicted molar refractivity (Wildman–Crippen MR) is 70.8 cm³/mol. The first-order valence-corrected chi connectivity index (χ1v) is 6.77. The molecule has 0 aromatic carbocycles. The fourth-order valence-electron chi connectivity index (χ4n) is 2.15. The van der Waals surface area contributed by atoms with Crippen molar-refractivity contribution in [3.63, 3.8) is 0 Å². The maximum absolute atomic E-state index is 11.9. The zero-order valence-corrected chi connectivity index (χ0v) is 11.6. The molecule has 1 fully saturated rings. The fourth-order valence-corrected chi connectivity index (χ4v) is 2.15. The third kappa shape index (κ3) is 3.98. The monoisotopic (exact) mass is 255 g/mol. The average molecular weight is 255 g/mol. The van der Waals surface area contributed by atoms with Gasteiger partial charge in [0.25, 0.3) is 0 Å². The summed E-state index contributed by atoms with van der Waals surface area (Å²) in [4.78, 5) is 24.9. The Morgan fingerprint density at radius 1 is 1.39 bits per heavy atom. The van der Waals surface area contributed by atoms with Gasteiger partial charge in [-0.3, -0.25) is 9.59 Å². The van der Waals surface area contributed by atoms with Gasteiger partial charge in [-0.1, -0.05) is 20.3 Å². The lowest BCUT2D eigenvalue weighted by atomic mass is 9.98. The summed E-state index contributed by atoms with van der Waals surface area (Å²) < 4.78 is 0. The maximum atomic E-state index is 11.9. The van der Waals surface area contributed by atoms with Gasteiger partial charge in [0.1, 0.15) is 0 Å². The van der Waals surface area contributed by atoms with Crippen LogP contribution in [0.1, 0.15) is 40.0 Å². The summed E-state index contributed by atoms with van der Waals surface area (Å²) in [6.45, 7) is 7.04. The van der Waals surface area contributed by atoms with E-state index in [1.807, 2.05) is 18.7 Å². The summed E-state index contributed by atoms with van der Waals surface area (Å²) in [7, 11) is 0. The van der Waals surface area contributed by atoms with Crippen LogP contribution in [-0.4, -0.2) is 41.9 Å². The molecule has 1 saturated heterocycles. The predicted octanol–water partition coefficient (Wildman–Crippen LogP) is 0.487. The molecule has 0 aliphatic carbocycles. The molecule has 2 atom stereocenters. The van der Waals surface area contributed by atoms with Gasteiger partial charge in [-0.05, 0) is 18.8 Å². The van der Waals surface area contributed by atoms with Crippen LogP contribution in [0.5, 0.6) is 0 Å². The van der Waals surface area contributed by atoms with E-state index in [1.54, 1.807) is 6.92 Å². The second-order valence-corrected chi connectivity index (χ2v) is 5.20. The highest BCUT2D eigenvalue weighted by Gasteiger charge is 2.25. The van der Waals surface area contributed by atoms with Crippen LogP contribution >= 0.6 is 0 Å². The summed E-state index contributed by atoms with van der Waals surface area (Å²) in [5.74, 6) is 0.240. The van der Waals surface area contributed by atoms with Crippen molar-refractivity contribution in [2.75, 3.05) is 13.1 Å². The summed E-state index contributed by atoms with van der Waals surface area (Å²) in [6.07, 6.45) is 2.54. The lowest BCUT2D eigenvalue weighted by Crippen LogP contribution is -2.51. The minimum absolute atomic E-state index is 0.0642. The second-order valence-electron chi connectivity index (χ2n) is 5.20. The zero-order chi connectivity index (χ0) is 13.7. The molecule has 1 heterocycles. The molecule has 0 spiro atoms. The minimum Gasteiger partial charge on any atom is -0.352 e. The first-order chi connectivity index (χ1) is 8.45. The van der Waals surface area contributed by atoms with Crippen LogP contribution in [0.25, 0.3) is 0 Å². The van der Waals surface area contributed by atoms with Crippen molar-refractivity contribution in [1.29, 1.82) is 0 Å². The van der Waals surface area contributed by atoms with E-state index in [0.29, 0.717) is 0 Å². The van der Waals surface area contributed by atoms with E-state index in [1.165, 1.54) is 0 Å².